The summed E-state index contributed by atoms with van der Waals surface area (Å²) in [5.74, 6) is 0. The van der Waals surface area contributed by atoms with Crippen LogP contribution in [0.5, 0.6) is 0 Å². The van der Waals surface area contributed by atoms with Gasteiger partial charge in [-0.2, -0.15) is 0 Å². The zero-order chi connectivity index (χ0) is 9.78. The number of aldehydes is 1. The Bertz CT molecular complexity index is 113. The Balaban J connectivity index is -0.000000240. The van der Waals surface area contributed by atoms with Crippen LogP contribution in [0.2, 0.25) is 0 Å². The van der Waals surface area contributed by atoms with Gasteiger partial charge in [-0.15, -0.1) is 0 Å². The molecule has 1 nitrogen and oxygen atoms in total. The van der Waals surface area contributed by atoms with Crippen LogP contribution in [0, 0.1) is 0 Å². The fourth-order valence-corrected chi connectivity index (χ4v) is 1.54. The van der Waals surface area contributed by atoms with Gasteiger partial charge in [0.15, 0.2) is 0 Å². The molecule has 0 rings (SSSR count). The molecule has 0 spiro atoms. The van der Waals surface area contributed by atoms with Crippen molar-refractivity contribution in [2.24, 2.45) is 0 Å². The van der Waals surface area contributed by atoms with Gasteiger partial charge in [-0.1, -0.05) is 58.3 Å². The Morgan fingerprint density at radius 3 is 1.71 bits per heavy atom. The van der Waals surface area contributed by atoms with E-state index in [0.717, 1.165) is 19.1 Å². The molecule has 0 heterocycles. The molecule has 0 saturated carbocycles. The van der Waals surface area contributed by atoms with E-state index in [4.69, 9.17) is 0 Å². The molecule has 0 N–H and O–H groups in total. The second-order valence-electron chi connectivity index (χ2n) is 3.78. The van der Waals surface area contributed by atoms with Crippen LogP contribution in [0.4, 0.5) is 0 Å². The molecule has 0 aromatic carbocycles. The van der Waals surface area contributed by atoms with E-state index in [-0.39, 0.29) is 40.6 Å². The minimum absolute atomic E-state index is 0. The third-order valence-corrected chi connectivity index (χ3v) is 2.43. The zero-order valence-electron chi connectivity index (χ0n) is 11.8. The van der Waals surface area contributed by atoms with E-state index in [0.29, 0.717) is 0 Å². The molecule has 82 valence electrons. The zero-order valence-corrected chi connectivity index (χ0v) is 12.0. The molecule has 0 radical (unpaired) electrons. The minimum Gasteiger partial charge on any atom is -1.00 e. The van der Waals surface area contributed by atoms with Crippen molar-refractivity contribution in [3.05, 3.63) is 0 Å². The Hall–Kier alpha value is 0.930. The maximum absolute atomic E-state index is 10.0. The maximum Gasteiger partial charge on any atom is 2.00 e. The molecule has 0 aromatic heterocycles. The average Bonchev–Trinajstić information content (AvgIpc) is 2.16. The summed E-state index contributed by atoms with van der Waals surface area (Å²) in [7, 11) is 0. The van der Waals surface area contributed by atoms with Crippen LogP contribution < -0.4 is 0 Å². The molecule has 2 heteroatoms. The summed E-state index contributed by atoms with van der Waals surface area (Å²) >= 11 is 0. The Morgan fingerprint density at radius 1 is 0.857 bits per heavy atom. The van der Waals surface area contributed by atoms with Crippen LogP contribution in [0.25, 0.3) is 0 Å². The van der Waals surface area contributed by atoms with E-state index in [1.165, 1.54) is 51.4 Å². The standard InChI is InChI=1S/C12H24O.Ca.2H/c1-2-3-4-5-6-7-8-9-10-11-12-13;;;/h12H,2-11H2,1H3;;;/q;+2;2*-1. The van der Waals surface area contributed by atoms with Crippen molar-refractivity contribution in [2.75, 3.05) is 0 Å². The average molecular weight is 226 g/mol. The van der Waals surface area contributed by atoms with Crippen molar-refractivity contribution in [1.29, 1.82) is 0 Å². The van der Waals surface area contributed by atoms with Crippen LogP contribution in [-0.2, 0) is 4.79 Å². The number of carbonyl (C=O) groups is 1. The quantitative estimate of drug-likeness (QED) is 0.313. The largest absolute Gasteiger partial charge is 2.00 e. The molecule has 0 aliphatic carbocycles. The normalized spacial score (nSPS) is 9.50. The topological polar surface area (TPSA) is 17.1 Å². The number of carbonyl (C=O) groups excluding carboxylic acids is 1. The molecular formula is C12H26CaO. The minimum atomic E-state index is 0. The number of rotatable bonds is 10. The van der Waals surface area contributed by atoms with Crippen LogP contribution in [-0.4, -0.2) is 44.0 Å². The number of hydrogen-bond donors (Lipinski definition) is 0. The van der Waals surface area contributed by atoms with Gasteiger partial charge in [-0.3, -0.25) is 0 Å². The maximum atomic E-state index is 10.0. The first kappa shape index (κ1) is 17.3. The fourth-order valence-electron chi connectivity index (χ4n) is 1.54. The van der Waals surface area contributed by atoms with Crippen molar-refractivity contribution < 1.29 is 7.65 Å². The number of hydrogen-bond acceptors (Lipinski definition) is 1. The van der Waals surface area contributed by atoms with Crippen molar-refractivity contribution in [2.45, 2.75) is 71.1 Å². The summed E-state index contributed by atoms with van der Waals surface area (Å²) in [6.45, 7) is 2.25. The molecular weight excluding hydrogens is 200 g/mol. The third kappa shape index (κ3) is 15.4. The van der Waals surface area contributed by atoms with Crippen LogP contribution in [0.3, 0.4) is 0 Å². The van der Waals surface area contributed by atoms with E-state index in [2.05, 4.69) is 6.92 Å². The van der Waals surface area contributed by atoms with Gasteiger partial charge in [0.2, 0.25) is 0 Å². The summed E-state index contributed by atoms with van der Waals surface area (Å²) in [5, 5.41) is 0. The van der Waals surface area contributed by atoms with Crippen molar-refractivity contribution in [3.63, 3.8) is 0 Å². The first-order valence-corrected chi connectivity index (χ1v) is 5.85. The van der Waals surface area contributed by atoms with Gasteiger partial charge in [0.25, 0.3) is 0 Å². The van der Waals surface area contributed by atoms with Gasteiger partial charge in [0.1, 0.15) is 6.29 Å². The predicted molar refractivity (Wildman–Crippen MR) is 65.9 cm³/mol. The smallest absolute Gasteiger partial charge is 1.00 e. The molecule has 0 unspecified atom stereocenters. The second-order valence-corrected chi connectivity index (χ2v) is 3.78. The first-order chi connectivity index (χ1) is 6.41. The van der Waals surface area contributed by atoms with Crippen LogP contribution in [0.1, 0.15) is 74.0 Å². The van der Waals surface area contributed by atoms with Gasteiger partial charge in [0, 0.05) is 6.42 Å². The predicted octanol–water partition coefficient (Wildman–Crippen LogP) is 3.95. The Morgan fingerprint density at radius 2 is 1.29 bits per heavy atom. The van der Waals surface area contributed by atoms with Crippen molar-refractivity contribution in [3.8, 4) is 0 Å². The molecule has 0 aliphatic rings. The Labute approximate surface area is 122 Å². The van der Waals surface area contributed by atoms with Crippen molar-refractivity contribution in [1.82, 2.24) is 0 Å². The van der Waals surface area contributed by atoms with Crippen LogP contribution >= 0.6 is 0 Å². The summed E-state index contributed by atoms with van der Waals surface area (Å²) in [6.07, 6.45) is 13.7. The molecule has 0 aromatic rings. The van der Waals surface area contributed by atoms with E-state index in [9.17, 15) is 4.79 Å². The van der Waals surface area contributed by atoms with E-state index in [1.54, 1.807) is 0 Å². The summed E-state index contributed by atoms with van der Waals surface area (Å²) in [5.41, 5.74) is 0. The second kappa shape index (κ2) is 16.4. The summed E-state index contributed by atoms with van der Waals surface area (Å²) in [6, 6.07) is 0. The van der Waals surface area contributed by atoms with E-state index in [1.807, 2.05) is 0 Å². The van der Waals surface area contributed by atoms with E-state index >= 15 is 0 Å². The third-order valence-electron chi connectivity index (χ3n) is 2.43. The summed E-state index contributed by atoms with van der Waals surface area (Å²) < 4.78 is 0. The molecule has 0 atom stereocenters. The van der Waals surface area contributed by atoms with Gasteiger partial charge in [-0.25, -0.2) is 0 Å². The molecule has 0 bridgehead atoms. The monoisotopic (exact) mass is 226 g/mol. The molecule has 14 heavy (non-hydrogen) atoms. The number of unbranched alkanes of at least 4 members (excludes halogenated alkanes) is 9. The molecule has 0 aliphatic heterocycles. The van der Waals surface area contributed by atoms with Gasteiger partial charge in [-0.05, 0) is 6.42 Å². The van der Waals surface area contributed by atoms with Crippen LogP contribution in [0.15, 0.2) is 0 Å². The summed E-state index contributed by atoms with van der Waals surface area (Å²) in [4.78, 5) is 10.0. The molecule has 0 saturated heterocycles. The molecule has 0 amide bonds. The fraction of sp³-hybridized carbons (Fsp3) is 0.917. The first-order valence-electron chi connectivity index (χ1n) is 5.85. The van der Waals surface area contributed by atoms with E-state index < -0.39 is 0 Å². The Kier molecular flexibility index (Phi) is 20.3. The van der Waals surface area contributed by atoms with Gasteiger partial charge >= 0.3 is 37.7 Å². The van der Waals surface area contributed by atoms with Gasteiger partial charge < -0.3 is 7.65 Å². The molecule has 0 fully saturated rings. The SMILES string of the molecule is CCCCCCCCCCCC=O.[Ca+2].[H-].[H-]. The van der Waals surface area contributed by atoms with Crippen molar-refractivity contribution >= 4 is 44.0 Å². The van der Waals surface area contributed by atoms with Gasteiger partial charge in [0.05, 0.1) is 0 Å².